The molecule has 0 aliphatic heterocycles. The maximum absolute atomic E-state index is 11.4. The second-order valence-electron chi connectivity index (χ2n) is 10.6. The summed E-state index contributed by atoms with van der Waals surface area (Å²) < 4.78 is 0. The van der Waals surface area contributed by atoms with Gasteiger partial charge in [0, 0.05) is 35.9 Å². The Bertz CT molecular complexity index is 1530. The summed E-state index contributed by atoms with van der Waals surface area (Å²) in [4.78, 5) is 39.0. The Labute approximate surface area is 250 Å². The first-order chi connectivity index (χ1) is 20.6. The minimum Gasteiger partial charge on any atom is -0.399 e. The third-order valence-electron chi connectivity index (χ3n) is 6.45. The van der Waals surface area contributed by atoms with Crippen molar-refractivity contribution in [3.63, 3.8) is 0 Å². The molecule has 2 aliphatic rings. The summed E-state index contributed by atoms with van der Waals surface area (Å²) >= 11 is 0. The Morgan fingerprint density at radius 2 is 1.16 bits per heavy atom. The summed E-state index contributed by atoms with van der Waals surface area (Å²) in [5.74, 6) is 1.11. The molecule has 2 fully saturated rings. The van der Waals surface area contributed by atoms with Crippen molar-refractivity contribution in [1.82, 2.24) is 19.9 Å². The van der Waals surface area contributed by atoms with E-state index in [1.165, 1.54) is 23.5 Å². The van der Waals surface area contributed by atoms with Crippen LogP contribution in [0.15, 0.2) is 60.9 Å². The van der Waals surface area contributed by atoms with Crippen molar-refractivity contribution < 1.29 is 9.59 Å². The van der Waals surface area contributed by atoms with Crippen molar-refractivity contribution in [3.8, 4) is 0 Å². The van der Waals surface area contributed by atoms with E-state index in [4.69, 9.17) is 17.2 Å². The molecule has 12 heteroatoms. The number of anilines is 5. The summed E-state index contributed by atoms with van der Waals surface area (Å²) in [5, 5.41) is 9.48. The highest BCUT2D eigenvalue weighted by Gasteiger charge is 2.25. The maximum Gasteiger partial charge on any atom is 0.254 e. The highest BCUT2D eigenvalue weighted by molar-refractivity contribution is 5.98. The van der Waals surface area contributed by atoms with Crippen molar-refractivity contribution in [2.75, 3.05) is 21.7 Å². The summed E-state index contributed by atoms with van der Waals surface area (Å²) in [6.45, 7) is 5.85. The molecule has 6 rings (SSSR count). The molecule has 12 nitrogen and oxygen atoms in total. The zero-order valence-corrected chi connectivity index (χ0v) is 24.6. The van der Waals surface area contributed by atoms with Gasteiger partial charge >= 0.3 is 0 Å². The van der Waals surface area contributed by atoms with Crippen LogP contribution in [0.25, 0.3) is 0 Å². The topological polar surface area (TPSA) is 200 Å². The minimum absolute atomic E-state index is 0.316. The second-order valence-corrected chi connectivity index (χ2v) is 10.6. The highest BCUT2D eigenvalue weighted by atomic mass is 16.1. The van der Waals surface area contributed by atoms with Crippen LogP contribution >= 0.6 is 0 Å². The van der Waals surface area contributed by atoms with E-state index in [9.17, 15) is 9.59 Å². The zero-order valence-electron chi connectivity index (χ0n) is 24.6. The Hall–Kier alpha value is -5.26. The quantitative estimate of drug-likeness (QED) is 0.163. The van der Waals surface area contributed by atoms with Gasteiger partial charge in [-0.1, -0.05) is 35.4 Å². The number of carbonyl (C=O) groups is 2. The summed E-state index contributed by atoms with van der Waals surface area (Å²) in [6.07, 6.45) is 7.35. The molecule has 224 valence electrons. The first-order valence-electron chi connectivity index (χ1n) is 14.1. The van der Waals surface area contributed by atoms with Crippen LogP contribution in [0.2, 0.25) is 0 Å². The third kappa shape index (κ3) is 9.95. The number of nitrogen functional groups attached to an aromatic ring is 1. The van der Waals surface area contributed by atoms with Crippen LogP contribution in [0.5, 0.6) is 0 Å². The lowest BCUT2D eigenvalue weighted by atomic mass is 10.2. The lowest BCUT2D eigenvalue weighted by Crippen LogP contribution is -2.17. The van der Waals surface area contributed by atoms with Gasteiger partial charge in [-0.2, -0.15) is 4.98 Å². The molecule has 43 heavy (non-hydrogen) atoms. The Morgan fingerprint density at radius 3 is 1.63 bits per heavy atom. The van der Waals surface area contributed by atoms with Crippen LogP contribution in [0.1, 0.15) is 63.4 Å². The first kappa shape index (κ1) is 30.7. The van der Waals surface area contributed by atoms with Gasteiger partial charge in [0.05, 0.1) is 11.1 Å². The second kappa shape index (κ2) is 14.1. The van der Waals surface area contributed by atoms with Gasteiger partial charge < -0.3 is 33.2 Å². The smallest absolute Gasteiger partial charge is 0.254 e. The van der Waals surface area contributed by atoms with Crippen LogP contribution in [0, 0.1) is 20.8 Å². The average molecular weight is 583 g/mol. The van der Waals surface area contributed by atoms with E-state index in [-0.39, 0.29) is 0 Å². The molecule has 2 saturated carbocycles. The third-order valence-corrected chi connectivity index (χ3v) is 6.45. The fraction of sp³-hybridized carbons (Fsp3) is 0.290. The molecule has 0 bridgehead atoms. The van der Waals surface area contributed by atoms with E-state index in [1.807, 2.05) is 62.4 Å². The van der Waals surface area contributed by atoms with E-state index in [0.29, 0.717) is 46.6 Å². The van der Waals surface area contributed by atoms with Crippen molar-refractivity contribution in [2.45, 2.75) is 58.5 Å². The number of amides is 2. The molecule has 2 aliphatic carbocycles. The van der Waals surface area contributed by atoms with Gasteiger partial charge in [-0.3, -0.25) is 9.59 Å². The predicted octanol–water partition coefficient (Wildman–Crippen LogP) is 4.24. The molecule has 2 aromatic heterocycles. The van der Waals surface area contributed by atoms with Gasteiger partial charge in [0.15, 0.2) is 0 Å². The van der Waals surface area contributed by atoms with Crippen molar-refractivity contribution in [1.29, 1.82) is 0 Å². The molecule has 2 heterocycles. The number of hydrogen-bond acceptors (Lipinski definition) is 10. The minimum atomic E-state index is -0.528. The number of rotatable bonds is 8. The molecule has 4 aromatic rings. The molecule has 0 atom stereocenters. The predicted molar refractivity (Wildman–Crippen MR) is 169 cm³/mol. The number of aryl methyl sites for hydroxylation is 3. The fourth-order valence-electron chi connectivity index (χ4n) is 3.67. The lowest BCUT2D eigenvalue weighted by molar-refractivity contribution is 0.0992. The molecule has 0 saturated heterocycles. The number of nitrogens with one attached hydrogen (secondary N) is 3. The molecule has 2 amide bonds. The molecular weight excluding hydrogens is 544 g/mol. The SMILES string of the molecule is Cc1ccc(N)cc1.Cc1ccc(Nc2ncc(C(N)=O)c(NC3CC3)n2)cc1.Cc1ncc(C(N)=O)c(NC2CC2)n1. The normalized spacial score (nSPS) is 13.4. The Morgan fingerprint density at radius 1 is 0.698 bits per heavy atom. The van der Waals surface area contributed by atoms with Crippen LogP contribution in [-0.4, -0.2) is 43.8 Å². The van der Waals surface area contributed by atoms with Crippen molar-refractivity contribution in [3.05, 3.63) is 89.0 Å². The fourth-order valence-corrected chi connectivity index (χ4v) is 3.67. The van der Waals surface area contributed by atoms with Crippen LogP contribution in [0.4, 0.5) is 29.0 Å². The van der Waals surface area contributed by atoms with Crippen LogP contribution in [-0.2, 0) is 0 Å². The first-order valence-corrected chi connectivity index (χ1v) is 14.1. The van der Waals surface area contributed by atoms with Gasteiger partial charge in [-0.05, 0) is 70.7 Å². The number of hydrogen-bond donors (Lipinski definition) is 6. The van der Waals surface area contributed by atoms with E-state index in [2.05, 4.69) is 35.9 Å². The molecule has 0 spiro atoms. The monoisotopic (exact) mass is 582 g/mol. The number of primary amides is 2. The molecule has 0 unspecified atom stereocenters. The largest absolute Gasteiger partial charge is 0.399 e. The van der Waals surface area contributed by atoms with Gasteiger partial charge in [-0.25, -0.2) is 15.0 Å². The van der Waals surface area contributed by atoms with Crippen molar-refractivity contribution in [2.24, 2.45) is 11.5 Å². The zero-order chi connectivity index (χ0) is 30.9. The van der Waals surface area contributed by atoms with Crippen LogP contribution in [0.3, 0.4) is 0 Å². The Balaban J connectivity index is 0.000000165. The summed E-state index contributed by atoms with van der Waals surface area (Å²) in [5.41, 5.74) is 20.8. The number of nitrogens with two attached hydrogens (primary N) is 3. The molecule has 0 radical (unpaired) electrons. The van der Waals surface area contributed by atoms with Crippen LogP contribution < -0.4 is 33.2 Å². The number of nitrogens with zero attached hydrogens (tertiary/aromatic N) is 4. The lowest BCUT2D eigenvalue weighted by Gasteiger charge is -2.10. The van der Waals surface area contributed by atoms with Gasteiger partial charge in [-0.15, -0.1) is 0 Å². The van der Waals surface area contributed by atoms with E-state index >= 15 is 0 Å². The molecular formula is C31H38N10O2. The summed E-state index contributed by atoms with van der Waals surface area (Å²) in [6, 6.07) is 16.5. The molecule has 2 aromatic carbocycles. The standard InChI is InChI=1S/C15H17N5O.C9H12N4O.C7H9N/c1-9-2-4-11(5-3-9)19-15-17-8-12(13(16)21)14(20-15)18-10-6-7-10;1-5-11-4-7(8(10)14)9(12-5)13-6-2-3-6;1-6-2-4-7(8)5-3-6/h2-5,8,10H,6-7H2,1H3,(H2,16,21)(H2,17,18,19,20);4,6H,2-3H2,1H3,(H2,10,14)(H,11,12,13);2-5H,8H2,1H3. The number of benzene rings is 2. The van der Waals surface area contributed by atoms with E-state index < -0.39 is 11.8 Å². The molecule has 9 N–H and O–H groups in total. The average Bonchev–Trinajstić information content (AvgIpc) is 3.90. The highest BCUT2D eigenvalue weighted by Crippen LogP contribution is 2.27. The van der Waals surface area contributed by atoms with E-state index in [0.717, 1.165) is 37.1 Å². The van der Waals surface area contributed by atoms with Gasteiger partial charge in [0.25, 0.3) is 11.8 Å². The van der Waals surface area contributed by atoms with Gasteiger partial charge in [0.2, 0.25) is 5.95 Å². The number of carbonyl (C=O) groups excluding carboxylic acids is 2. The van der Waals surface area contributed by atoms with Crippen molar-refractivity contribution >= 4 is 40.8 Å². The Kier molecular flexibility index (Phi) is 10.0. The van der Waals surface area contributed by atoms with Gasteiger partial charge in [0.1, 0.15) is 17.5 Å². The van der Waals surface area contributed by atoms with E-state index in [1.54, 1.807) is 6.92 Å². The summed E-state index contributed by atoms with van der Waals surface area (Å²) in [7, 11) is 0. The number of aromatic nitrogens is 4. The maximum atomic E-state index is 11.4.